The normalized spacial score (nSPS) is 16.9. The minimum Gasteiger partial charge on any atom is -0.494 e. The van der Waals surface area contributed by atoms with Crippen molar-refractivity contribution in [2.75, 3.05) is 19.7 Å². The van der Waals surface area contributed by atoms with Crippen LogP contribution in [-0.4, -0.2) is 41.6 Å². The summed E-state index contributed by atoms with van der Waals surface area (Å²) in [5, 5.41) is 9.74. The molecule has 0 saturated carbocycles. The van der Waals surface area contributed by atoms with Crippen molar-refractivity contribution >= 4 is 11.9 Å². The van der Waals surface area contributed by atoms with Crippen LogP contribution in [0.5, 0.6) is 5.75 Å². The van der Waals surface area contributed by atoms with Gasteiger partial charge in [-0.15, -0.1) is 0 Å². The fourth-order valence-corrected chi connectivity index (χ4v) is 2.90. The number of carboxylic acids is 1. The predicted molar refractivity (Wildman–Crippen MR) is 82.9 cm³/mol. The quantitative estimate of drug-likeness (QED) is 0.847. The molecule has 1 heterocycles. The maximum atomic E-state index is 11.9. The van der Waals surface area contributed by atoms with Gasteiger partial charge in [0.05, 0.1) is 12.0 Å². The van der Waals surface area contributed by atoms with E-state index in [1.807, 2.05) is 19.1 Å². The maximum Gasteiger partial charge on any atom is 0.314 e. The lowest BCUT2D eigenvalue weighted by atomic mass is 9.73. The Morgan fingerprint density at radius 2 is 1.91 bits per heavy atom. The molecule has 2 rings (SSSR count). The molecular formula is C17H21NO4. The molecule has 118 valence electrons. The molecule has 22 heavy (non-hydrogen) atoms. The maximum absolute atomic E-state index is 11.9. The zero-order chi connectivity index (χ0) is 16.2. The SMILES string of the molecule is C=CC(=O)N1CCC(C(=O)O)(c2ccc(OCC)cc2)CC1. The molecule has 1 aromatic carbocycles. The number of ether oxygens (including phenoxy) is 1. The third-order valence-electron chi connectivity index (χ3n) is 4.23. The van der Waals surface area contributed by atoms with Crippen LogP contribution in [0.15, 0.2) is 36.9 Å². The van der Waals surface area contributed by atoms with E-state index in [4.69, 9.17) is 4.74 Å². The molecule has 0 spiro atoms. The minimum atomic E-state index is -0.942. The average molecular weight is 303 g/mol. The molecule has 0 unspecified atom stereocenters. The van der Waals surface area contributed by atoms with Gasteiger partial charge in [0, 0.05) is 13.1 Å². The van der Waals surface area contributed by atoms with Crippen molar-refractivity contribution in [3.05, 3.63) is 42.5 Å². The summed E-state index contributed by atoms with van der Waals surface area (Å²) in [5.74, 6) is -0.265. The molecule has 1 aromatic rings. The first kappa shape index (κ1) is 16.1. The third-order valence-corrected chi connectivity index (χ3v) is 4.23. The number of aliphatic carboxylic acids is 1. The summed E-state index contributed by atoms with van der Waals surface area (Å²) in [6.45, 7) is 6.79. The Morgan fingerprint density at radius 3 is 2.36 bits per heavy atom. The Kier molecular flexibility index (Phi) is 4.85. The molecule has 0 bridgehead atoms. The van der Waals surface area contributed by atoms with Gasteiger partial charge in [0.2, 0.25) is 5.91 Å². The number of likely N-dealkylation sites (tertiary alicyclic amines) is 1. The van der Waals surface area contributed by atoms with Crippen LogP contribution in [0, 0.1) is 0 Å². The van der Waals surface area contributed by atoms with Gasteiger partial charge in [-0.25, -0.2) is 0 Å². The van der Waals surface area contributed by atoms with E-state index in [9.17, 15) is 14.7 Å². The summed E-state index contributed by atoms with van der Waals surface area (Å²) >= 11 is 0. The van der Waals surface area contributed by atoms with Crippen molar-refractivity contribution in [2.24, 2.45) is 0 Å². The van der Waals surface area contributed by atoms with Gasteiger partial charge in [-0.3, -0.25) is 9.59 Å². The fourth-order valence-electron chi connectivity index (χ4n) is 2.90. The molecule has 1 fully saturated rings. The van der Waals surface area contributed by atoms with Crippen LogP contribution in [0.4, 0.5) is 0 Å². The van der Waals surface area contributed by atoms with E-state index < -0.39 is 11.4 Å². The number of rotatable bonds is 5. The lowest BCUT2D eigenvalue weighted by Gasteiger charge is -2.39. The van der Waals surface area contributed by atoms with Crippen LogP contribution in [0.1, 0.15) is 25.3 Å². The average Bonchev–Trinajstić information content (AvgIpc) is 2.55. The Morgan fingerprint density at radius 1 is 1.32 bits per heavy atom. The number of amides is 1. The summed E-state index contributed by atoms with van der Waals surface area (Å²) in [4.78, 5) is 25.2. The summed E-state index contributed by atoms with van der Waals surface area (Å²) in [6, 6.07) is 7.21. The highest BCUT2D eigenvalue weighted by atomic mass is 16.5. The van der Waals surface area contributed by atoms with Gasteiger partial charge in [-0.2, -0.15) is 0 Å². The van der Waals surface area contributed by atoms with E-state index >= 15 is 0 Å². The molecular weight excluding hydrogens is 282 g/mol. The number of carbonyl (C=O) groups excluding carboxylic acids is 1. The molecule has 0 aliphatic carbocycles. The van der Waals surface area contributed by atoms with Crippen LogP contribution in [0.3, 0.4) is 0 Å². The van der Waals surface area contributed by atoms with Gasteiger partial charge in [-0.05, 0) is 43.5 Å². The molecule has 0 radical (unpaired) electrons. The number of hydrogen-bond acceptors (Lipinski definition) is 3. The van der Waals surface area contributed by atoms with Gasteiger partial charge < -0.3 is 14.7 Å². The van der Waals surface area contributed by atoms with Crippen LogP contribution < -0.4 is 4.74 Å². The van der Waals surface area contributed by atoms with Crippen molar-refractivity contribution in [3.8, 4) is 5.75 Å². The van der Waals surface area contributed by atoms with Crippen LogP contribution in [-0.2, 0) is 15.0 Å². The number of carboxylic acid groups (broad SMARTS) is 1. The molecule has 1 aliphatic rings. The molecule has 1 N–H and O–H groups in total. The lowest BCUT2D eigenvalue weighted by molar-refractivity contribution is -0.147. The fraction of sp³-hybridized carbons (Fsp3) is 0.412. The van der Waals surface area contributed by atoms with Crippen LogP contribution in [0.25, 0.3) is 0 Å². The number of benzene rings is 1. The second kappa shape index (κ2) is 6.64. The molecule has 0 aromatic heterocycles. The number of carbonyl (C=O) groups is 2. The molecule has 1 amide bonds. The molecule has 0 atom stereocenters. The summed E-state index contributed by atoms with van der Waals surface area (Å²) in [5.41, 5.74) is -0.183. The van der Waals surface area contributed by atoms with Crippen molar-refractivity contribution in [1.29, 1.82) is 0 Å². The van der Waals surface area contributed by atoms with Gasteiger partial charge in [0.1, 0.15) is 5.75 Å². The van der Waals surface area contributed by atoms with Crippen molar-refractivity contribution < 1.29 is 19.4 Å². The second-order valence-electron chi connectivity index (χ2n) is 5.37. The summed E-state index contributed by atoms with van der Waals surface area (Å²) in [7, 11) is 0. The summed E-state index contributed by atoms with van der Waals surface area (Å²) < 4.78 is 5.39. The number of hydrogen-bond donors (Lipinski definition) is 1. The Bertz CT molecular complexity index is 557. The lowest BCUT2D eigenvalue weighted by Crippen LogP contribution is -2.48. The van der Waals surface area contributed by atoms with Crippen LogP contribution in [0.2, 0.25) is 0 Å². The van der Waals surface area contributed by atoms with Gasteiger partial charge in [-0.1, -0.05) is 18.7 Å². The first-order valence-electron chi connectivity index (χ1n) is 7.41. The Labute approximate surface area is 130 Å². The van der Waals surface area contributed by atoms with Crippen molar-refractivity contribution in [2.45, 2.75) is 25.2 Å². The van der Waals surface area contributed by atoms with E-state index in [-0.39, 0.29) is 5.91 Å². The minimum absolute atomic E-state index is 0.148. The third kappa shape index (κ3) is 2.98. The molecule has 5 nitrogen and oxygen atoms in total. The monoisotopic (exact) mass is 303 g/mol. The van der Waals surface area contributed by atoms with Crippen molar-refractivity contribution in [3.63, 3.8) is 0 Å². The second-order valence-corrected chi connectivity index (χ2v) is 5.37. The number of piperidine rings is 1. The topological polar surface area (TPSA) is 66.8 Å². The van der Waals surface area contributed by atoms with Gasteiger partial charge in [0.25, 0.3) is 0 Å². The Hall–Kier alpha value is -2.30. The smallest absolute Gasteiger partial charge is 0.314 e. The predicted octanol–water partition coefficient (Wildman–Crippen LogP) is 2.22. The van der Waals surface area contributed by atoms with Crippen LogP contribution >= 0.6 is 0 Å². The van der Waals surface area contributed by atoms with Gasteiger partial charge in [0.15, 0.2) is 0 Å². The highest BCUT2D eigenvalue weighted by Crippen LogP contribution is 2.36. The Balaban J connectivity index is 2.22. The first-order valence-corrected chi connectivity index (χ1v) is 7.41. The number of nitrogens with zero attached hydrogens (tertiary/aromatic N) is 1. The van der Waals surface area contributed by atoms with Crippen molar-refractivity contribution in [1.82, 2.24) is 4.90 Å². The largest absolute Gasteiger partial charge is 0.494 e. The van der Waals surface area contributed by atoms with E-state index in [0.717, 1.165) is 11.3 Å². The molecule has 5 heteroatoms. The highest BCUT2D eigenvalue weighted by Gasteiger charge is 2.43. The van der Waals surface area contributed by atoms with E-state index in [1.165, 1.54) is 6.08 Å². The summed E-state index contributed by atoms with van der Waals surface area (Å²) in [6.07, 6.45) is 2.07. The van der Waals surface area contributed by atoms with E-state index in [1.54, 1.807) is 17.0 Å². The standard InChI is InChI=1S/C17H21NO4/c1-3-15(19)18-11-9-17(10-12-18,16(20)21)13-5-7-14(8-6-13)22-4-2/h3,5-8H,1,4,9-12H2,2H3,(H,20,21). The zero-order valence-electron chi connectivity index (χ0n) is 12.7. The molecule has 1 aliphatic heterocycles. The zero-order valence-corrected chi connectivity index (χ0v) is 12.7. The van der Waals surface area contributed by atoms with E-state index in [0.29, 0.717) is 32.5 Å². The highest BCUT2D eigenvalue weighted by molar-refractivity contribution is 5.88. The van der Waals surface area contributed by atoms with E-state index in [2.05, 4.69) is 6.58 Å². The first-order chi connectivity index (χ1) is 10.5. The van der Waals surface area contributed by atoms with Gasteiger partial charge >= 0.3 is 5.97 Å². The molecule has 1 saturated heterocycles.